The fraction of sp³-hybridized carbons (Fsp3) is 1.00. The van der Waals surface area contributed by atoms with E-state index in [9.17, 15) is 4.91 Å². The van der Waals surface area contributed by atoms with Crippen LogP contribution in [0.15, 0.2) is 5.29 Å². The molecule has 1 aliphatic rings. The first-order chi connectivity index (χ1) is 4.56. The third-order valence-corrected chi connectivity index (χ3v) is 1.64. The molecule has 4 nitrogen and oxygen atoms in total. The molecule has 58 valence electrons. The molecule has 0 spiro atoms. The van der Waals surface area contributed by atoms with Crippen molar-refractivity contribution in [3.63, 3.8) is 0 Å². The molecule has 0 saturated carbocycles. The van der Waals surface area contributed by atoms with Crippen molar-refractivity contribution in [2.24, 2.45) is 5.29 Å². The van der Waals surface area contributed by atoms with E-state index in [1.54, 1.807) is 0 Å². The molecule has 1 heterocycles. The van der Waals surface area contributed by atoms with Crippen molar-refractivity contribution in [3.8, 4) is 0 Å². The Morgan fingerprint density at radius 2 is 2.30 bits per heavy atom. The Bertz CT molecular complexity index is 147. The van der Waals surface area contributed by atoms with E-state index in [0.29, 0.717) is 6.54 Å². The second kappa shape index (κ2) is 2.20. The number of ether oxygens (including phenoxy) is 1. The lowest BCUT2D eigenvalue weighted by atomic mass is 10.3. The second-order valence-corrected chi connectivity index (χ2v) is 3.04. The molecule has 1 atom stereocenters. The van der Waals surface area contributed by atoms with Crippen molar-refractivity contribution in [1.29, 1.82) is 0 Å². The van der Waals surface area contributed by atoms with E-state index in [1.165, 1.54) is 5.01 Å². The fourth-order valence-corrected chi connectivity index (χ4v) is 1.19. The number of hydrogen-bond acceptors (Lipinski definition) is 3. The van der Waals surface area contributed by atoms with E-state index in [4.69, 9.17) is 4.74 Å². The van der Waals surface area contributed by atoms with E-state index in [0.717, 1.165) is 0 Å². The summed E-state index contributed by atoms with van der Waals surface area (Å²) in [5, 5.41) is 4.26. The van der Waals surface area contributed by atoms with Gasteiger partial charge in [0.25, 0.3) is 0 Å². The Morgan fingerprint density at radius 1 is 1.70 bits per heavy atom. The van der Waals surface area contributed by atoms with Gasteiger partial charge in [-0.25, -0.2) is 5.01 Å². The van der Waals surface area contributed by atoms with Gasteiger partial charge in [-0.1, -0.05) is 0 Å². The van der Waals surface area contributed by atoms with Crippen LogP contribution in [0.3, 0.4) is 0 Å². The van der Waals surface area contributed by atoms with Gasteiger partial charge in [0.2, 0.25) is 0 Å². The van der Waals surface area contributed by atoms with Crippen LogP contribution in [0, 0.1) is 4.91 Å². The summed E-state index contributed by atoms with van der Waals surface area (Å²) in [6, 6.07) is 0. The molecule has 1 saturated heterocycles. The van der Waals surface area contributed by atoms with Gasteiger partial charge in [-0.3, -0.25) is 0 Å². The molecule has 0 amide bonds. The van der Waals surface area contributed by atoms with Crippen LogP contribution < -0.4 is 0 Å². The Morgan fingerprint density at radius 3 is 2.50 bits per heavy atom. The van der Waals surface area contributed by atoms with E-state index in [-0.39, 0.29) is 6.10 Å². The van der Waals surface area contributed by atoms with Crippen molar-refractivity contribution < 1.29 is 4.74 Å². The molecule has 1 aliphatic heterocycles. The summed E-state index contributed by atoms with van der Waals surface area (Å²) in [5.74, 6) is 0. The minimum Gasteiger partial charge on any atom is -0.350 e. The standard InChI is InChI=1S/C6H12N2O2/c1-5-4-8(7-9)6(2,3)10-5/h5H,4H2,1-3H3. The molecule has 1 rings (SSSR count). The van der Waals surface area contributed by atoms with Crippen molar-refractivity contribution in [3.05, 3.63) is 4.91 Å². The Hall–Kier alpha value is -0.640. The lowest BCUT2D eigenvalue weighted by Crippen LogP contribution is -2.34. The minimum atomic E-state index is -0.513. The first-order valence-electron chi connectivity index (χ1n) is 3.35. The van der Waals surface area contributed by atoms with Crippen LogP contribution >= 0.6 is 0 Å². The highest BCUT2D eigenvalue weighted by atomic mass is 16.6. The van der Waals surface area contributed by atoms with E-state index in [2.05, 4.69) is 5.29 Å². The van der Waals surface area contributed by atoms with Crippen LogP contribution in [0.5, 0.6) is 0 Å². The summed E-state index contributed by atoms with van der Waals surface area (Å²) >= 11 is 0. The van der Waals surface area contributed by atoms with Crippen molar-refractivity contribution >= 4 is 0 Å². The van der Waals surface area contributed by atoms with Crippen molar-refractivity contribution in [2.45, 2.75) is 32.6 Å². The quantitative estimate of drug-likeness (QED) is 0.518. The molecule has 10 heavy (non-hydrogen) atoms. The van der Waals surface area contributed by atoms with Crippen LogP contribution in [0.25, 0.3) is 0 Å². The molecule has 0 aliphatic carbocycles. The van der Waals surface area contributed by atoms with Gasteiger partial charge in [-0.15, -0.1) is 4.91 Å². The highest BCUT2D eigenvalue weighted by molar-refractivity contribution is 4.78. The average Bonchev–Trinajstić information content (AvgIpc) is 2.04. The summed E-state index contributed by atoms with van der Waals surface area (Å²) < 4.78 is 5.38. The summed E-state index contributed by atoms with van der Waals surface area (Å²) in [6.07, 6.45) is 0.104. The van der Waals surface area contributed by atoms with Crippen LogP contribution in [-0.4, -0.2) is 23.4 Å². The van der Waals surface area contributed by atoms with Gasteiger partial charge in [0, 0.05) is 0 Å². The zero-order valence-electron chi connectivity index (χ0n) is 6.50. The number of hydrogen-bond donors (Lipinski definition) is 0. The molecule has 0 N–H and O–H groups in total. The molecule has 0 aromatic carbocycles. The largest absolute Gasteiger partial charge is 0.350 e. The molecular formula is C6H12N2O2. The van der Waals surface area contributed by atoms with Crippen LogP contribution in [0.4, 0.5) is 0 Å². The highest BCUT2D eigenvalue weighted by Crippen LogP contribution is 2.25. The van der Waals surface area contributed by atoms with Gasteiger partial charge in [0.05, 0.1) is 17.9 Å². The summed E-state index contributed by atoms with van der Waals surface area (Å²) in [4.78, 5) is 10.2. The first-order valence-corrected chi connectivity index (χ1v) is 3.35. The van der Waals surface area contributed by atoms with E-state index >= 15 is 0 Å². The third kappa shape index (κ3) is 1.11. The van der Waals surface area contributed by atoms with Gasteiger partial charge in [-0.2, -0.15) is 0 Å². The van der Waals surface area contributed by atoms with Crippen molar-refractivity contribution in [2.75, 3.05) is 6.54 Å². The second-order valence-electron chi connectivity index (χ2n) is 3.04. The number of rotatable bonds is 1. The van der Waals surface area contributed by atoms with Gasteiger partial charge in [0.15, 0.2) is 5.72 Å². The summed E-state index contributed by atoms with van der Waals surface area (Å²) in [6.45, 7) is 6.18. The monoisotopic (exact) mass is 144 g/mol. The summed E-state index contributed by atoms with van der Waals surface area (Å²) in [7, 11) is 0. The molecule has 0 aromatic rings. The van der Waals surface area contributed by atoms with Gasteiger partial charge in [-0.05, 0) is 20.8 Å². The lowest BCUT2D eigenvalue weighted by Gasteiger charge is -2.23. The number of nitroso groups, excluding NO2 is 1. The maximum atomic E-state index is 10.2. The van der Waals surface area contributed by atoms with Crippen LogP contribution in [0.2, 0.25) is 0 Å². The SMILES string of the molecule is CC1CN(N=O)C(C)(C)O1. The maximum absolute atomic E-state index is 10.2. The van der Waals surface area contributed by atoms with Gasteiger partial charge in [0.1, 0.15) is 0 Å². The van der Waals surface area contributed by atoms with Gasteiger partial charge < -0.3 is 4.74 Å². The average molecular weight is 144 g/mol. The number of nitrogens with zero attached hydrogens (tertiary/aromatic N) is 2. The highest BCUT2D eigenvalue weighted by Gasteiger charge is 2.37. The zero-order chi connectivity index (χ0) is 7.78. The minimum absolute atomic E-state index is 0.104. The van der Waals surface area contributed by atoms with Crippen molar-refractivity contribution in [1.82, 2.24) is 5.01 Å². The maximum Gasteiger partial charge on any atom is 0.154 e. The van der Waals surface area contributed by atoms with Crippen LogP contribution in [0.1, 0.15) is 20.8 Å². The van der Waals surface area contributed by atoms with E-state index in [1.807, 2.05) is 20.8 Å². The normalized spacial score (nSPS) is 30.7. The molecule has 0 radical (unpaired) electrons. The lowest BCUT2D eigenvalue weighted by molar-refractivity contribution is -0.0711. The molecule has 0 aromatic heterocycles. The smallest absolute Gasteiger partial charge is 0.154 e. The Labute approximate surface area is 60.1 Å². The van der Waals surface area contributed by atoms with E-state index < -0.39 is 5.72 Å². The molecule has 4 heteroatoms. The predicted octanol–water partition coefficient (Wildman–Crippen LogP) is 1.12. The Kier molecular flexibility index (Phi) is 1.64. The first kappa shape index (κ1) is 7.47. The molecule has 1 fully saturated rings. The zero-order valence-corrected chi connectivity index (χ0v) is 6.50. The fourth-order valence-electron chi connectivity index (χ4n) is 1.19. The van der Waals surface area contributed by atoms with Crippen LogP contribution in [-0.2, 0) is 4.74 Å². The third-order valence-electron chi connectivity index (χ3n) is 1.64. The predicted molar refractivity (Wildman–Crippen MR) is 37.1 cm³/mol. The Balaban J connectivity index is 2.67. The molecular weight excluding hydrogens is 132 g/mol. The molecule has 0 bridgehead atoms. The molecule has 1 unspecified atom stereocenters. The summed E-state index contributed by atoms with van der Waals surface area (Å²) in [5.41, 5.74) is -0.513. The topological polar surface area (TPSA) is 41.9 Å². The van der Waals surface area contributed by atoms with Gasteiger partial charge >= 0.3 is 0 Å².